The number of hydrogen-bond acceptors (Lipinski definition) is 5. The SMILES string of the molecule is COc1cc(COC(=O)[C@H]2C[C@H]2[N+](=O)[O-])ccc1C. The highest BCUT2D eigenvalue weighted by atomic mass is 16.6. The second kappa shape index (κ2) is 5.26. The number of methoxy groups -OCH3 is 1. The lowest BCUT2D eigenvalue weighted by atomic mass is 10.1. The van der Waals surface area contributed by atoms with Gasteiger partial charge in [-0.2, -0.15) is 0 Å². The molecule has 19 heavy (non-hydrogen) atoms. The van der Waals surface area contributed by atoms with Crippen LogP contribution in [0.15, 0.2) is 18.2 Å². The number of benzene rings is 1. The summed E-state index contributed by atoms with van der Waals surface area (Å²) in [6.07, 6.45) is 0.281. The third-order valence-electron chi connectivity index (χ3n) is 3.18. The minimum atomic E-state index is -0.764. The van der Waals surface area contributed by atoms with E-state index in [4.69, 9.17) is 9.47 Å². The number of nitrogens with zero attached hydrogens (tertiary/aromatic N) is 1. The number of rotatable bonds is 5. The lowest BCUT2D eigenvalue weighted by molar-refractivity contribution is -0.497. The van der Waals surface area contributed by atoms with Crippen LogP contribution < -0.4 is 4.74 Å². The first-order valence-electron chi connectivity index (χ1n) is 5.96. The van der Waals surface area contributed by atoms with E-state index in [-0.39, 0.29) is 13.0 Å². The third-order valence-corrected chi connectivity index (χ3v) is 3.18. The van der Waals surface area contributed by atoms with Crippen LogP contribution in [0.1, 0.15) is 17.5 Å². The number of aryl methyl sites for hydroxylation is 1. The van der Waals surface area contributed by atoms with Gasteiger partial charge in [0.05, 0.1) is 7.11 Å². The summed E-state index contributed by atoms with van der Waals surface area (Å²) in [5, 5.41) is 10.5. The Balaban J connectivity index is 1.89. The minimum absolute atomic E-state index is 0.108. The molecule has 1 aromatic carbocycles. The van der Waals surface area contributed by atoms with Gasteiger partial charge in [-0.05, 0) is 24.1 Å². The summed E-state index contributed by atoms with van der Waals surface area (Å²) in [7, 11) is 1.57. The number of esters is 1. The lowest BCUT2D eigenvalue weighted by Crippen LogP contribution is -2.13. The fourth-order valence-corrected chi connectivity index (χ4v) is 1.88. The van der Waals surface area contributed by atoms with Crippen LogP contribution >= 0.6 is 0 Å². The molecule has 0 amide bonds. The molecule has 1 aliphatic rings. The monoisotopic (exact) mass is 265 g/mol. The van der Waals surface area contributed by atoms with Crippen LogP contribution in [-0.4, -0.2) is 24.0 Å². The average Bonchev–Trinajstić information content (AvgIpc) is 3.17. The predicted molar refractivity (Wildman–Crippen MR) is 66.4 cm³/mol. The average molecular weight is 265 g/mol. The van der Waals surface area contributed by atoms with Crippen LogP contribution in [-0.2, 0) is 16.1 Å². The molecule has 0 heterocycles. The summed E-state index contributed by atoms with van der Waals surface area (Å²) in [5.41, 5.74) is 1.79. The number of carbonyl (C=O) groups is 1. The molecule has 102 valence electrons. The Labute approximate surface area is 110 Å². The van der Waals surface area contributed by atoms with Gasteiger partial charge in [0, 0.05) is 11.3 Å². The van der Waals surface area contributed by atoms with Gasteiger partial charge in [0.1, 0.15) is 18.3 Å². The number of hydrogen-bond donors (Lipinski definition) is 0. The molecular formula is C13H15NO5. The fraction of sp³-hybridized carbons (Fsp3) is 0.462. The smallest absolute Gasteiger partial charge is 0.316 e. The van der Waals surface area contributed by atoms with Crippen molar-refractivity contribution in [3.63, 3.8) is 0 Å². The van der Waals surface area contributed by atoms with Crippen molar-refractivity contribution in [3.05, 3.63) is 39.4 Å². The van der Waals surface area contributed by atoms with E-state index in [0.29, 0.717) is 0 Å². The van der Waals surface area contributed by atoms with Crippen molar-refractivity contribution >= 4 is 5.97 Å². The van der Waals surface area contributed by atoms with Crippen molar-refractivity contribution in [1.29, 1.82) is 0 Å². The molecular weight excluding hydrogens is 250 g/mol. The molecule has 2 rings (SSSR count). The topological polar surface area (TPSA) is 78.7 Å². The van der Waals surface area contributed by atoms with Crippen molar-refractivity contribution in [2.24, 2.45) is 5.92 Å². The van der Waals surface area contributed by atoms with Crippen molar-refractivity contribution in [2.45, 2.75) is 26.0 Å². The van der Waals surface area contributed by atoms with Crippen LogP contribution in [0.25, 0.3) is 0 Å². The molecule has 6 heteroatoms. The molecule has 0 N–H and O–H groups in total. The Morgan fingerprint density at radius 1 is 1.53 bits per heavy atom. The molecule has 0 saturated heterocycles. The summed E-state index contributed by atoms with van der Waals surface area (Å²) in [6, 6.07) is 4.74. The molecule has 0 aliphatic heterocycles. The van der Waals surface area contributed by atoms with Crippen LogP contribution in [0.5, 0.6) is 5.75 Å². The fourth-order valence-electron chi connectivity index (χ4n) is 1.88. The Hall–Kier alpha value is -2.11. The van der Waals surface area contributed by atoms with Gasteiger partial charge in [0.2, 0.25) is 6.04 Å². The van der Waals surface area contributed by atoms with Gasteiger partial charge in [-0.1, -0.05) is 12.1 Å². The molecule has 1 fully saturated rings. The first-order valence-corrected chi connectivity index (χ1v) is 5.96. The highest BCUT2D eigenvalue weighted by molar-refractivity contribution is 5.76. The Morgan fingerprint density at radius 2 is 2.26 bits per heavy atom. The molecule has 6 nitrogen and oxygen atoms in total. The van der Waals surface area contributed by atoms with Crippen molar-refractivity contribution < 1.29 is 19.2 Å². The highest BCUT2D eigenvalue weighted by Gasteiger charge is 2.54. The van der Waals surface area contributed by atoms with Crippen molar-refractivity contribution in [3.8, 4) is 5.75 Å². The minimum Gasteiger partial charge on any atom is -0.496 e. The second-order valence-corrected chi connectivity index (χ2v) is 4.61. The van der Waals surface area contributed by atoms with Crippen LogP contribution in [0.3, 0.4) is 0 Å². The first-order chi connectivity index (χ1) is 9.02. The van der Waals surface area contributed by atoms with Gasteiger partial charge in [-0.15, -0.1) is 0 Å². The number of carbonyl (C=O) groups excluding carboxylic acids is 1. The van der Waals surface area contributed by atoms with E-state index in [9.17, 15) is 14.9 Å². The Morgan fingerprint density at radius 3 is 2.84 bits per heavy atom. The maximum Gasteiger partial charge on any atom is 0.316 e. The van der Waals surface area contributed by atoms with E-state index < -0.39 is 22.9 Å². The van der Waals surface area contributed by atoms with Crippen LogP contribution in [0.4, 0.5) is 0 Å². The van der Waals surface area contributed by atoms with E-state index in [1.807, 2.05) is 19.1 Å². The van der Waals surface area contributed by atoms with Crippen molar-refractivity contribution in [1.82, 2.24) is 0 Å². The zero-order valence-electron chi connectivity index (χ0n) is 10.8. The molecule has 1 aromatic rings. The second-order valence-electron chi connectivity index (χ2n) is 4.61. The summed E-state index contributed by atoms with van der Waals surface area (Å²) in [4.78, 5) is 21.6. The van der Waals surface area contributed by atoms with Gasteiger partial charge in [0.15, 0.2) is 0 Å². The zero-order valence-corrected chi connectivity index (χ0v) is 10.8. The Bertz CT molecular complexity index is 514. The predicted octanol–water partition coefficient (Wildman–Crippen LogP) is 1.71. The lowest BCUT2D eigenvalue weighted by Gasteiger charge is -2.08. The molecule has 0 spiro atoms. The van der Waals surface area contributed by atoms with E-state index in [2.05, 4.69) is 0 Å². The maximum atomic E-state index is 11.6. The molecule has 1 saturated carbocycles. The molecule has 0 unspecified atom stereocenters. The van der Waals surface area contributed by atoms with Crippen LogP contribution in [0.2, 0.25) is 0 Å². The van der Waals surface area contributed by atoms with Gasteiger partial charge >= 0.3 is 5.97 Å². The van der Waals surface area contributed by atoms with Crippen molar-refractivity contribution in [2.75, 3.05) is 7.11 Å². The van der Waals surface area contributed by atoms with Gasteiger partial charge in [0.25, 0.3) is 0 Å². The van der Waals surface area contributed by atoms with Gasteiger partial charge < -0.3 is 9.47 Å². The number of ether oxygens (including phenoxy) is 2. The highest BCUT2D eigenvalue weighted by Crippen LogP contribution is 2.34. The van der Waals surface area contributed by atoms with E-state index in [1.54, 1.807) is 13.2 Å². The normalized spacial score (nSPS) is 20.7. The number of nitro groups is 1. The van der Waals surface area contributed by atoms with Gasteiger partial charge in [-0.25, -0.2) is 0 Å². The molecule has 0 radical (unpaired) electrons. The van der Waals surface area contributed by atoms with E-state index in [1.165, 1.54) is 0 Å². The van der Waals surface area contributed by atoms with E-state index in [0.717, 1.165) is 16.9 Å². The maximum absolute atomic E-state index is 11.6. The first kappa shape index (κ1) is 13.3. The van der Waals surface area contributed by atoms with Gasteiger partial charge in [-0.3, -0.25) is 14.9 Å². The van der Waals surface area contributed by atoms with Crippen LogP contribution in [0, 0.1) is 23.0 Å². The molecule has 0 aromatic heterocycles. The Kier molecular flexibility index (Phi) is 3.69. The quantitative estimate of drug-likeness (QED) is 0.460. The summed E-state index contributed by atoms with van der Waals surface area (Å²) in [6.45, 7) is 2.02. The zero-order chi connectivity index (χ0) is 14.0. The summed E-state index contributed by atoms with van der Waals surface area (Å²) >= 11 is 0. The summed E-state index contributed by atoms with van der Waals surface area (Å²) in [5.74, 6) is -0.355. The van der Waals surface area contributed by atoms with E-state index >= 15 is 0 Å². The largest absolute Gasteiger partial charge is 0.496 e. The third kappa shape index (κ3) is 3.01. The molecule has 0 bridgehead atoms. The molecule has 2 atom stereocenters. The standard InChI is InChI=1S/C13H15NO5/c1-8-3-4-9(5-12(8)18-2)7-19-13(15)10-6-11(10)14(16)17/h3-5,10-11H,6-7H2,1-2H3/t10-,11+/m0/s1. The molecule has 1 aliphatic carbocycles. The summed E-state index contributed by atoms with van der Waals surface area (Å²) < 4.78 is 10.2.